The standard InChI is InChI=1S/C13H20N4O2/c1-14-9-10-5-3-4-8-17(10)12-7-6-11(15-16-12)13(18)19-2/h6-7,10,14H,3-5,8-9H2,1-2H3. The minimum Gasteiger partial charge on any atom is -0.464 e. The smallest absolute Gasteiger partial charge is 0.358 e. The molecule has 1 N–H and O–H groups in total. The molecule has 1 aromatic heterocycles. The molecule has 1 atom stereocenters. The van der Waals surface area contributed by atoms with Gasteiger partial charge in [0.25, 0.3) is 0 Å². The zero-order valence-electron chi connectivity index (χ0n) is 11.4. The van der Waals surface area contributed by atoms with Crippen molar-refractivity contribution < 1.29 is 9.53 Å². The summed E-state index contributed by atoms with van der Waals surface area (Å²) in [4.78, 5) is 13.6. The average molecular weight is 264 g/mol. The number of piperidine rings is 1. The summed E-state index contributed by atoms with van der Waals surface area (Å²) in [6, 6.07) is 3.95. The number of aromatic nitrogens is 2. The lowest BCUT2D eigenvalue weighted by Gasteiger charge is -2.36. The Morgan fingerprint density at radius 3 is 2.95 bits per heavy atom. The average Bonchev–Trinajstić information content (AvgIpc) is 2.47. The van der Waals surface area contributed by atoms with E-state index in [4.69, 9.17) is 0 Å². The van der Waals surface area contributed by atoms with Crippen molar-refractivity contribution in [2.24, 2.45) is 0 Å². The largest absolute Gasteiger partial charge is 0.464 e. The number of hydrogen-bond donors (Lipinski definition) is 1. The molecule has 0 bridgehead atoms. The number of carbonyl (C=O) groups excluding carboxylic acids is 1. The summed E-state index contributed by atoms with van der Waals surface area (Å²) in [5.74, 6) is 0.372. The summed E-state index contributed by atoms with van der Waals surface area (Å²) in [7, 11) is 3.30. The molecule has 2 rings (SSSR count). The van der Waals surface area contributed by atoms with Crippen LogP contribution in [0, 0.1) is 0 Å². The first kappa shape index (κ1) is 13.7. The normalized spacial score (nSPS) is 19.3. The van der Waals surface area contributed by atoms with Crippen molar-refractivity contribution in [1.29, 1.82) is 0 Å². The highest BCUT2D eigenvalue weighted by Crippen LogP contribution is 2.22. The second-order valence-corrected chi connectivity index (χ2v) is 4.67. The minimum atomic E-state index is -0.454. The first-order chi connectivity index (χ1) is 9.26. The van der Waals surface area contributed by atoms with Crippen LogP contribution in [-0.4, -0.2) is 49.5 Å². The second-order valence-electron chi connectivity index (χ2n) is 4.67. The molecule has 2 heterocycles. The number of nitrogens with zero attached hydrogens (tertiary/aromatic N) is 3. The SMILES string of the molecule is CNCC1CCCCN1c1ccc(C(=O)OC)nn1. The molecule has 0 saturated carbocycles. The summed E-state index contributed by atoms with van der Waals surface area (Å²) in [5, 5.41) is 11.3. The maximum atomic E-state index is 11.3. The van der Waals surface area contributed by atoms with E-state index in [9.17, 15) is 4.79 Å². The topological polar surface area (TPSA) is 67.4 Å². The number of esters is 1. The first-order valence-electron chi connectivity index (χ1n) is 6.59. The quantitative estimate of drug-likeness (QED) is 0.813. The fraction of sp³-hybridized carbons (Fsp3) is 0.615. The Morgan fingerprint density at radius 2 is 2.32 bits per heavy atom. The summed E-state index contributed by atoms with van der Waals surface area (Å²) in [5.41, 5.74) is 0.244. The highest BCUT2D eigenvalue weighted by molar-refractivity contribution is 5.86. The number of hydrogen-bond acceptors (Lipinski definition) is 6. The van der Waals surface area contributed by atoms with Gasteiger partial charge in [0.15, 0.2) is 11.5 Å². The summed E-state index contributed by atoms with van der Waals surface area (Å²) < 4.78 is 4.62. The van der Waals surface area contributed by atoms with Gasteiger partial charge in [-0.25, -0.2) is 4.79 Å². The van der Waals surface area contributed by atoms with Gasteiger partial charge >= 0.3 is 5.97 Å². The Kier molecular flexibility index (Phi) is 4.68. The Bertz CT molecular complexity index is 419. The van der Waals surface area contributed by atoms with Crippen LogP contribution in [0.1, 0.15) is 29.8 Å². The lowest BCUT2D eigenvalue weighted by molar-refractivity contribution is 0.0592. The third kappa shape index (κ3) is 3.20. The number of rotatable bonds is 4. The van der Waals surface area contributed by atoms with E-state index in [0.29, 0.717) is 6.04 Å². The predicted molar refractivity (Wildman–Crippen MR) is 72.3 cm³/mol. The minimum absolute atomic E-state index is 0.244. The number of anilines is 1. The van der Waals surface area contributed by atoms with Crippen LogP contribution >= 0.6 is 0 Å². The molecule has 1 fully saturated rings. The van der Waals surface area contributed by atoms with Gasteiger partial charge in [0, 0.05) is 19.1 Å². The van der Waals surface area contributed by atoms with Crippen molar-refractivity contribution in [3.63, 3.8) is 0 Å². The molecule has 1 aliphatic rings. The summed E-state index contributed by atoms with van der Waals surface area (Å²) in [6.07, 6.45) is 3.57. The van der Waals surface area contributed by atoms with Crippen LogP contribution in [0.5, 0.6) is 0 Å². The summed E-state index contributed by atoms with van der Waals surface area (Å²) >= 11 is 0. The Morgan fingerprint density at radius 1 is 1.47 bits per heavy atom. The molecule has 6 heteroatoms. The zero-order chi connectivity index (χ0) is 13.7. The lowest BCUT2D eigenvalue weighted by atomic mass is 10.0. The van der Waals surface area contributed by atoms with Crippen LogP contribution in [0.3, 0.4) is 0 Å². The number of methoxy groups -OCH3 is 1. The number of nitrogens with one attached hydrogen (secondary N) is 1. The van der Waals surface area contributed by atoms with Crippen molar-refractivity contribution in [3.05, 3.63) is 17.8 Å². The van der Waals surface area contributed by atoms with Crippen LogP contribution < -0.4 is 10.2 Å². The Hall–Kier alpha value is -1.69. The summed E-state index contributed by atoms with van der Waals surface area (Å²) in [6.45, 7) is 1.92. The van der Waals surface area contributed by atoms with Crippen LogP contribution in [-0.2, 0) is 4.74 Å². The van der Waals surface area contributed by atoms with E-state index in [2.05, 4.69) is 25.2 Å². The van der Waals surface area contributed by atoms with E-state index in [0.717, 1.165) is 25.3 Å². The molecular weight excluding hydrogens is 244 g/mol. The first-order valence-corrected chi connectivity index (χ1v) is 6.59. The van der Waals surface area contributed by atoms with Gasteiger partial charge in [-0.2, -0.15) is 0 Å². The highest BCUT2D eigenvalue weighted by atomic mass is 16.5. The van der Waals surface area contributed by atoms with Gasteiger partial charge in [-0.05, 0) is 38.4 Å². The maximum Gasteiger partial charge on any atom is 0.358 e. The molecule has 104 valence electrons. The predicted octanol–water partition coefficient (Wildman–Crippen LogP) is 0.841. The fourth-order valence-corrected chi connectivity index (χ4v) is 2.44. The van der Waals surface area contributed by atoms with E-state index in [1.54, 1.807) is 6.07 Å². The van der Waals surface area contributed by atoms with Crippen LogP contribution in [0.25, 0.3) is 0 Å². The van der Waals surface area contributed by atoms with Crippen molar-refractivity contribution in [3.8, 4) is 0 Å². The maximum absolute atomic E-state index is 11.3. The van der Waals surface area contributed by atoms with Crippen LogP contribution in [0.2, 0.25) is 0 Å². The molecule has 0 aromatic carbocycles. The molecule has 1 aliphatic heterocycles. The lowest BCUT2D eigenvalue weighted by Crippen LogP contribution is -2.45. The van der Waals surface area contributed by atoms with E-state index in [1.165, 1.54) is 20.0 Å². The molecule has 1 saturated heterocycles. The van der Waals surface area contributed by atoms with Crippen molar-refractivity contribution in [1.82, 2.24) is 15.5 Å². The number of carbonyl (C=O) groups is 1. The molecule has 0 radical (unpaired) electrons. The van der Waals surface area contributed by atoms with Crippen molar-refractivity contribution in [2.45, 2.75) is 25.3 Å². The van der Waals surface area contributed by atoms with Crippen molar-refractivity contribution >= 4 is 11.8 Å². The van der Waals surface area contributed by atoms with Crippen LogP contribution in [0.4, 0.5) is 5.82 Å². The second kappa shape index (κ2) is 6.47. The van der Waals surface area contributed by atoms with E-state index in [-0.39, 0.29) is 5.69 Å². The van der Waals surface area contributed by atoms with E-state index in [1.807, 2.05) is 13.1 Å². The highest BCUT2D eigenvalue weighted by Gasteiger charge is 2.23. The fourth-order valence-electron chi connectivity index (χ4n) is 2.44. The van der Waals surface area contributed by atoms with E-state index >= 15 is 0 Å². The molecule has 1 aromatic rings. The van der Waals surface area contributed by atoms with Gasteiger partial charge in [-0.15, -0.1) is 10.2 Å². The van der Waals surface area contributed by atoms with Gasteiger partial charge in [-0.1, -0.05) is 0 Å². The monoisotopic (exact) mass is 264 g/mol. The van der Waals surface area contributed by atoms with Gasteiger partial charge in [-0.3, -0.25) is 0 Å². The molecule has 6 nitrogen and oxygen atoms in total. The molecule has 19 heavy (non-hydrogen) atoms. The molecular formula is C13H20N4O2. The van der Waals surface area contributed by atoms with Gasteiger partial charge < -0.3 is 15.0 Å². The third-order valence-electron chi connectivity index (χ3n) is 3.41. The third-order valence-corrected chi connectivity index (χ3v) is 3.41. The van der Waals surface area contributed by atoms with Gasteiger partial charge in [0.05, 0.1) is 7.11 Å². The van der Waals surface area contributed by atoms with Gasteiger partial charge in [0.1, 0.15) is 0 Å². The van der Waals surface area contributed by atoms with E-state index < -0.39 is 5.97 Å². The van der Waals surface area contributed by atoms with Crippen LogP contribution in [0.15, 0.2) is 12.1 Å². The molecule has 0 amide bonds. The number of likely N-dealkylation sites (N-methyl/N-ethyl adjacent to an activating group) is 1. The Labute approximate surface area is 113 Å². The molecule has 0 spiro atoms. The Balaban J connectivity index is 2.13. The molecule has 1 unspecified atom stereocenters. The number of ether oxygens (including phenoxy) is 1. The van der Waals surface area contributed by atoms with Gasteiger partial charge in [0.2, 0.25) is 0 Å². The zero-order valence-corrected chi connectivity index (χ0v) is 11.4. The van der Waals surface area contributed by atoms with Crippen molar-refractivity contribution in [2.75, 3.05) is 32.1 Å². The molecule has 0 aliphatic carbocycles.